The molecule has 0 atom stereocenters. The Morgan fingerprint density at radius 1 is 1.25 bits per heavy atom. The zero-order valence-corrected chi connectivity index (χ0v) is 7.16. The van der Waals surface area contributed by atoms with Crippen molar-refractivity contribution in [3.05, 3.63) is 6.92 Å². The molecule has 0 aliphatic rings. The van der Waals surface area contributed by atoms with Gasteiger partial charge in [0.05, 0.1) is 0 Å². The van der Waals surface area contributed by atoms with Gasteiger partial charge in [-0.25, -0.2) is 0 Å². The summed E-state index contributed by atoms with van der Waals surface area (Å²) in [6.07, 6.45) is 0. The third-order valence-corrected chi connectivity index (χ3v) is 0. The molecule has 0 aromatic carbocycles. The van der Waals surface area contributed by atoms with E-state index in [1.54, 1.807) is 6.92 Å². The fraction of sp³-hybridized carbons (Fsp3) is 0.500. The van der Waals surface area contributed by atoms with E-state index >= 15 is 0 Å². The van der Waals surface area contributed by atoms with Crippen LogP contribution in [0.1, 0.15) is 6.92 Å². The summed E-state index contributed by atoms with van der Waals surface area (Å²) in [5.74, 6) is 0. The summed E-state index contributed by atoms with van der Waals surface area (Å²) in [6.45, 7) is 5.00. The standard InChI is InChI=1S/C2H5.Ca.HI/c1-2;;/h1H2,2H3;;1H/q-1;+2;/p-1. The molecule has 0 aromatic heterocycles. The first-order valence-corrected chi connectivity index (χ1v) is 0.707. The second kappa shape index (κ2) is 20.1. The van der Waals surface area contributed by atoms with E-state index in [1.165, 1.54) is 0 Å². The molecule has 0 fully saturated rings. The fourth-order valence-corrected chi connectivity index (χ4v) is 0. The van der Waals surface area contributed by atoms with E-state index in [2.05, 4.69) is 6.92 Å². The molecule has 0 spiro atoms. The van der Waals surface area contributed by atoms with Gasteiger partial charge in [0.2, 0.25) is 0 Å². The third-order valence-electron chi connectivity index (χ3n) is 0. The summed E-state index contributed by atoms with van der Waals surface area (Å²) in [4.78, 5) is 0. The van der Waals surface area contributed by atoms with E-state index in [1.807, 2.05) is 0 Å². The predicted molar refractivity (Wildman–Crippen MR) is 16.8 cm³/mol. The summed E-state index contributed by atoms with van der Waals surface area (Å²) in [5.41, 5.74) is 0. The minimum absolute atomic E-state index is 0. The van der Waals surface area contributed by atoms with Crippen molar-refractivity contribution in [2.75, 3.05) is 0 Å². The van der Waals surface area contributed by atoms with Gasteiger partial charge in [0.25, 0.3) is 0 Å². The van der Waals surface area contributed by atoms with Crippen molar-refractivity contribution in [1.29, 1.82) is 0 Å². The maximum atomic E-state index is 3.25. The van der Waals surface area contributed by atoms with Gasteiger partial charge in [-0.15, -0.1) is 0 Å². The average Bonchev–Trinajstić information content (AvgIpc) is 1.00. The van der Waals surface area contributed by atoms with Gasteiger partial charge in [-0.05, 0) is 0 Å². The Balaban J connectivity index is -0.00000000500. The maximum Gasteiger partial charge on any atom is 2.00 e. The Kier molecular flexibility index (Phi) is 83.7. The van der Waals surface area contributed by atoms with Crippen LogP contribution in [-0.4, -0.2) is 37.7 Å². The molecule has 0 bridgehead atoms. The van der Waals surface area contributed by atoms with Crippen LogP contribution < -0.4 is 24.0 Å². The molecule has 0 aliphatic carbocycles. The van der Waals surface area contributed by atoms with Crippen LogP contribution >= 0.6 is 0 Å². The molecule has 22 valence electrons. The van der Waals surface area contributed by atoms with Gasteiger partial charge in [0.1, 0.15) is 0 Å². The molecule has 0 radical (unpaired) electrons. The fourth-order valence-electron chi connectivity index (χ4n) is 0. The van der Waals surface area contributed by atoms with Crippen molar-refractivity contribution in [1.82, 2.24) is 0 Å². The topological polar surface area (TPSA) is 0 Å². The third kappa shape index (κ3) is 9.01. The van der Waals surface area contributed by atoms with Crippen LogP contribution in [0.5, 0.6) is 0 Å². The van der Waals surface area contributed by atoms with Crippen molar-refractivity contribution in [3.8, 4) is 0 Å². The number of halogens is 1. The van der Waals surface area contributed by atoms with Crippen molar-refractivity contribution in [2.45, 2.75) is 6.92 Å². The van der Waals surface area contributed by atoms with Gasteiger partial charge in [-0.1, -0.05) is 0 Å². The molecule has 0 nitrogen and oxygen atoms in total. The van der Waals surface area contributed by atoms with Gasteiger partial charge in [0.15, 0.2) is 0 Å². The summed E-state index contributed by atoms with van der Waals surface area (Å²) in [7, 11) is 0. The molecule has 0 unspecified atom stereocenters. The van der Waals surface area contributed by atoms with Crippen LogP contribution in [0, 0.1) is 6.92 Å². The number of hydrogen-bond donors (Lipinski definition) is 0. The van der Waals surface area contributed by atoms with Crippen molar-refractivity contribution in [3.63, 3.8) is 0 Å². The largest absolute Gasteiger partial charge is 2.00 e. The van der Waals surface area contributed by atoms with Gasteiger partial charge < -0.3 is 30.9 Å². The molecule has 0 amide bonds. The SMILES string of the molecule is [CH2-]C.[Ca+2].[I-]. The van der Waals surface area contributed by atoms with Crippen LogP contribution in [-0.2, 0) is 0 Å². The van der Waals surface area contributed by atoms with Crippen molar-refractivity contribution >= 4 is 37.7 Å². The first-order valence-electron chi connectivity index (χ1n) is 0.707. The minimum Gasteiger partial charge on any atom is -1.00 e. The smallest absolute Gasteiger partial charge is 1.00 e. The second-order valence-corrected chi connectivity index (χ2v) is 0. The molecule has 0 rings (SSSR count). The summed E-state index contributed by atoms with van der Waals surface area (Å²) >= 11 is 0. The van der Waals surface area contributed by atoms with E-state index in [0.717, 1.165) is 0 Å². The molecule has 0 saturated heterocycles. The van der Waals surface area contributed by atoms with Gasteiger partial charge >= 0.3 is 37.7 Å². The maximum absolute atomic E-state index is 3.25. The van der Waals surface area contributed by atoms with Crippen molar-refractivity contribution in [2.24, 2.45) is 0 Å². The molecular weight excluding hydrogens is 191 g/mol. The molecule has 0 saturated carbocycles. The molecule has 0 aliphatic heterocycles. The minimum atomic E-state index is 0. The predicted octanol–water partition coefficient (Wildman–Crippen LogP) is -2.54. The van der Waals surface area contributed by atoms with E-state index in [0.29, 0.717) is 0 Å². The Morgan fingerprint density at radius 2 is 1.25 bits per heavy atom. The zero-order valence-electron chi connectivity index (χ0n) is 2.79. The number of hydrogen-bond acceptors (Lipinski definition) is 0. The monoisotopic (exact) mass is 196 g/mol. The zero-order chi connectivity index (χ0) is 2.00. The Labute approximate surface area is 74.4 Å². The van der Waals surface area contributed by atoms with Gasteiger partial charge in [0, 0.05) is 0 Å². The summed E-state index contributed by atoms with van der Waals surface area (Å²) in [5, 5.41) is 0. The normalized spacial score (nSPS) is 1.50. The van der Waals surface area contributed by atoms with E-state index in [-0.39, 0.29) is 61.7 Å². The average molecular weight is 196 g/mol. The van der Waals surface area contributed by atoms with E-state index in [4.69, 9.17) is 0 Å². The van der Waals surface area contributed by atoms with Crippen LogP contribution in [0.4, 0.5) is 0 Å². The molecular formula is C2H5CaI. The Morgan fingerprint density at radius 3 is 1.25 bits per heavy atom. The van der Waals surface area contributed by atoms with Gasteiger partial charge in [-0.3, -0.25) is 0 Å². The summed E-state index contributed by atoms with van der Waals surface area (Å²) in [6, 6.07) is 0. The number of rotatable bonds is 0. The van der Waals surface area contributed by atoms with Gasteiger partial charge in [-0.2, -0.15) is 6.92 Å². The van der Waals surface area contributed by atoms with Crippen LogP contribution in [0.2, 0.25) is 0 Å². The molecule has 0 heterocycles. The first kappa shape index (κ1) is 16.7. The molecule has 0 aromatic rings. The molecule has 0 N–H and O–H groups in total. The van der Waals surface area contributed by atoms with E-state index in [9.17, 15) is 0 Å². The van der Waals surface area contributed by atoms with E-state index < -0.39 is 0 Å². The van der Waals surface area contributed by atoms with Crippen LogP contribution in [0.15, 0.2) is 0 Å². The Hall–Kier alpha value is 1.99. The molecule has 4 heavy (non-hydrogen) atoms. The second-order valence-electron chi connectivity index (χ2n) is 0. The van der Waals surface area contributed by atoms with Crippen LogP contribution in [0.3, 0.4) is 0 Å². The summed E-state index contributed by atoms with van der Waals surface area (Å²) < 4.78 is 0. The quantitative estimate of drug-likeness (QED) is 0.227. The van der Waals surface area contributed by atoms with Crippen LogP contribution in [0.25, 0.3) is 0 Å². The molecule has 2 heteroatoms. The van der Waals surface area contributed by atoms with Crippen molar-refractivity contribution < 1.29 is 24.0 Å². The first-order chi connectivity index (χ1) is 1.00. The Bertz CT molecular complexity index is 6.00.